The third-order valence-electron chi connectivity index (χ3n) is 5.45. The fourth-order valence-electron chi connectivity index (χ4n) is 4.01. The van der Waals surface area contributed by atoms with Crippen molar-refractivity contribution in [3.8, 4) is 22.4 Å². The number of nitrogens with zero attached hydrogens (tertiary/aromatic N) is 5. The molecule has 1 aliphatic carbocycles. The summed E-state index contributed by atoms with van der Waals surface area (Å²) in [5.74, 6) is 0.0858. The Bertz CT molecular complexity index is 1250. The Morgan fingerprint density at radius 2 is 1.97 bits per heavy atom. The SMILES string of the molecule is CSc1nc(NC2CCCC2)n2nc(-c3cccc(Cl)c3)c(-c3ccnc(F)c3)c2n1. The molecular formula is C22H20ClFN6S. The molecule has 6 nitrogen and oxygen atoms in total. The molecule has 0 aliphatic heterocycles. The number of nitrogens with one attached hydrogen (secondary N) is 1. The molecule has 0 atom stereocenters. The second kappa shape index (κ2) is 8.43. The fourth-order valence-corrected chi connectivity index (χ4v) is 4.56. The van der Waals surface area contributed by atoms with E-state index >= 15 is 0 Å². The van der Waals surface area contributed by atoms with E-state index in [9.17, 15) is 4.39 Å². The second-order valence-electron chi connectivity index (χ2n) is 7.50. The van der Waals surface area contributed by atoms with E-state index in [-0.39, 0.29) is 0 Å². The average molecular weight is 455 g/mol. The van der Waals surface area contributed by atoms with Crippen molar-refractivity contribution in [2.24, 2.45) is 0 Å². The number of pyridine rings is 1. The standard InChI is InChI=1S/C22H20ClFN6S/c1-31-22-27-20-18(13-9-10-25-17(24)12-13)19(14-5-4-6-15(23)11-14)29-30(20)21(28-22)26-16-7-2-3-8-16/h4-6,9-12,16H,2-3,7-8H2,1H3,(H,26,27,28). The van der Waals surface area contributed by atoms with Crippen LogP contribution in [0.15, 0.2) is 47.8 Å². The monoisotopic (exact) mass is 454 g/mol. The third-order valence-corrected chi connectivity index (χ3v) is 6.23. The molecule has 5 rings (SSSR count). The Balaban J connectivity index is 1.79. The van der Waals surface area contributed by atoms with Crippen LogP contribution in [0.25, 0.3) is 28.0 Å². The molecule has 3 aromatic heterocycles. The average Bonchev–Trinajstić information content (AvgIpc) is 3.41. The highest BCUT2D eigenvalue weighted by molar-refractivity contribution is 7.98. The van der Waals surface area contributed by atoms with Gasteiger partial charge in [0.1, 0.15) is 5.69 Å². The molecule has 31 heavy (non-hydrogen) atoms. The van der Waals surface area contributed by atoms with Gasteiger partial charge in [-0.15, -0.1) is 0 Å². The Hall–Kier alpha value is -2.71. The van der Waals surface area contributed by atoms with Gasteiger partial charge in [0.2, 0.25) is 11.9 Å². The van der Waals surface area contributed by atoms with E-state index < -0.39 is 5.95 Å². The van der Waals surface area contributed by atoms with Gasteiger partial charge < -0.3 is 5.32 Å². The maximum absolute atomic E-state index is 14.0. The van der Waals surface area contributed by atoms with Crippen molar-refractivity contribution in [2.45, 2.75) is 36.9 Å². The van der Waals surface area contributed by atoms with Gasteiger partial charge in [0.05, 0.1) is 5.56 Å². The lowest BCUT2D eigenvalue weighted by Crippen LogP contribution is -2.19. The summed E-state index contributed by atoms with van der Waals surface area (Å²) < 4.78 is 15.8. The van der Waals surface area contributed by atoms with Crippen molar-refractivity contribution in [1.82, 2.24) is 24.6 Å². The summed E-state index contributed by atoms with van der Waals surface area (Å²) >= 11 is 7.72. The van der Waals surface area contributed by atoms with E-state index in [1.807, 2.05) is 30.5 Å². The first-order valence-electron chi connectivity index (χ1n) is 10.1. The van der Waals surface area contributed by atoms with E-state index in [4.69, 9.17) is 21.7 Å². The number of hydrogen-bond acceptors (Lipinski definition) is 6. The summed E-state index contributed by atoms with van der Waals surface area (Å²) in [6.07, 6.45) is 8.00. The quantitative estimate of drug-likeness (QED) is 0.307. The van der Waals surface area contributed by atoms with E-state index in [0.29, 0.717) is 39.1 Å². The Morgan fingerprint density at radius 1 is 1.13 bits per heavy atom. The predicted molar refractivity (Wildman–Crippen MR) is 122 cm³/mol. The maximum Gasteiger partial charge on any atom is 0.228 e. The largest absolute Gasteiger partial charge is 0.351 e. The first-order chi connectivity index (χ1) is 15.1. The van der Waals surface area contributed by atoms with Crippen molar-refractivity contribution in [1.29, 1.82) is 0 Å². The van der Waals surface area contributed by atoms with Gasteiger partial charge in [-0.25, -0.2) is 9.97 Å². The lowest BCUT2D eigenvalue weighted by molar-refractivity contribution is 0.584. The van der Waals surface area contributed by atoms with Gasteiger partial charge in [0, 0.05) is 28.9 Å². The summed E-state index contributed by atoms with van der Waals surface area (Å²) in [4.78, 5) is 13.1. The van der Waals surface area contributed by atoms with Crippen LogP contribution in [0.4, 0.5) is 10.3 Å². The van der Waals surface area contributed by atoms with E-state index in [0.717, 1.165) is 24.0 Å². The van der Waals surface area contributed by atoms with Gasteiger partial charge in [-0.2, -0.15) is 19.0 Å². The highest BCUT2D eigenvalue weighted by atomic mass is 35.5. The molecule has 1 aromatic carbocycles. The lowest BCUT2D eigenvalue weighted by Gasteiger charge is -2.14. The van der Waals surface area contributed by atoms with Crippen LogP contribution in [0.2, 0.25) is 5.02 Å². The number of fused-ring (bicyclic) bond motifs is 1. The van der Waals surface area contributed by atoms with Crippen LogP contribution in [-0.2, 0) is 0 Å². The van der Waals surface area contributed by atoms with Crippen molar-refractivity contribution in [3.63, 3.8) is 0 Å². The number of aromatic nitrogens is 5. The summed E-state index contributed by atoms with van der Waals surface area (Å²) in [5.41, 5.74) is 3.46. The molecule has 4 aromatic rings. The number of rotatable bonds is 5. The first kappa shape index (κ1) is 20.2. The zero-order valence-corrected chi connectivity index (χ0v) is 18.4. The third kappa shape index (κ3) is 3.97. The summed E-state index contributed by atoms with van der Waals surface area (Å²) in [6.45, 7) is 0. The summed E-state index contributed by atoms with van der Waals surface area (Å²) in [6, 6.07) is 11.0. The van der Waals surface area contributed by atoms with Gasteiger partial charge in [0.15, 0.2) is 10.8 Å². The Labute approximate surface area is 188 Å². The maximum atomic E-state index is 14.0. The molecular weight excluding hydrogens is 435 g/mol. The molecule has 0 spiro atoms. The van der Waals surface area contributed by atoms with Crippen LogP contribution < -0.4 is 5.32 Å². The second-order valence-corrected chi connectivity index (χ2v) is 8.71. The van der Waals surface area contributed by atoms with Gasteiger partial charge in [-0.3, -0.25) is 0 Å². The topological polar surface area (TPSA) is 68.0 Å². The molecule has 1 aliphatic rings. The first-order valence-corrected chi connectivity index (χ1v) is 11.7. The zero-order chi connectivity index (χ0) is 21.4. The van der Waals surface area contributed by atoms with Crippen molar-refractivity contribution in [3.05, 3.63) is 53.6 Å². The molecule has 1 saturated carbocycles. The number of anilines is 1. The predicted octanol–water partition coefficient (Wildman–Crippen LogP) is 5.72. The van der Waals surface area contributed by atoms with Gasteiger partial charge in [-0.1, -0.05) is 48.3 Å². The summed E-state index contributed by atoms with van der Waals surface area (Å²) in [5, 5.41) is 9.64. The molecule has 158 valence electrons. The Kier molecular flexibility index (Phi) is 5.50. The molecule has 1 N–H and O–H groups in total. The molecule has 0 unspecified atom stereocenters. The smallest absolute Gasteiger partial charge is 0.228 e. The van der Waals surface area contributed by atoms with Crippen molar-refractivity contribution >= 4 is 35.0 Å². The van der Waals surface area contributed by atoms with E-state index in [1.54, 1.807) is 10.6 Å². The summed E-state index contributed by atoms with van der Waals surface area (Å²) in [7, 11) is 0. The molecule has 0 saturated heterocycles. The highest BCUT2D eigenvalue weighted by Crippen LogP contribution is 2.37. The van der Waals surface area contributed by atoms with Crippen LogP contribution in [-0.4, -0.2) is 36.9 Å². The van der Waals surface area contributed by atoms with Crippen LogP contribution in [0.1, 0.15) is 25.7 Å². The van der Waals surface area contributed by atoms with Crippen LogP contribution in [0.5, 0.6) is 0 Å². The van der Waals surface area contributed by atoms with Crippen molar-refractivity contribution in [2.75, 3.05) is 11.6 Å². The minimum absolute atomic E-state index is 0.355. The van der Waals surface area contributed by atoms with Gasteiger partial charge in [-0.05, 0) is 42.9 Å². The molecule has 0 bridgehead atoms. The molecule has 0 radical (unpaired) electrons. The zero-order valence-electron chi connectivity index (χ0n) is 16.8. The number of benzene rings is 1. The minimum atomic E-state index is -0.558. The molecule has 1 fully saturated rings. The highest BCUT2D eigenvalue weighted by Gasteiger charge is 2.24. The molecule has 0 amide bonds. The van der Waals surface area contributed by atoms with Crippen molar-refractivity contribution < 1.29 is 4.39 Å². The van der Waals surface area contributed by atoms with Crippen LogP contribution in [0.3, 0.4) is 0 Å². The normalized spacial score (nSPS) is 14.4. The number of thioether (sulfide) groups is 1. The number of hydrogen-bond donors (Lipinski definition) is 1. The molecule has 3 heterocycles. The molecule has 9 heteroatoms. The Morgan fingerprint density at radius 3 is 2.71 bits per heavy atom. The van der Waals surface area contributed by atoms with Crippen LogP contribution >= 0.6 is 23.4 Å². The fraction of sp³-hybridized carbons (Fsp3) is 0.273. The van der Waals surface area contributed by atoms with E-state index in [1.165, 1.54) is 36.9 Å². The van der Waals surface area contributed by atoms with E-state index in [2.05, 4.69) is 15.3 Å². The van der Waals surface area contributed by atoms with Gasteiger partial charge >= 0.3 is 0 Å². The van der Waals surface area contributed by atoms with Crippen LogP contribution in [0, 0.1) is 5.95 Å². The number of halogens is 2. The van der Waals surface area contributed by atoms with Gasteiger partial charge in [0.25, 0.3) is 0 Å². The lowest BCUT2D eigenvalue weighted by atomic mass is 10.0. The minimum Gasteiger partial charge on any atom is -0.351 e.